The third-order valence-electron chi connectivity index (χ3n) is 3.98. The van der Waals surface area contributed by atoms with E-state index in [-0.39, 0.29) is 23.8 Å². The quantitative estimate of drug-likeness (QED) is 0.459. The van der Waals surface area contributed by atoms with Gasteiger partial charge in [-0.15, -0.1) is 0 Å². The average molecular weight is 348 g/mol. The second kappa shape index (κ2) is 7.81. The van der Waals surface area contributed by atoms with Crippen molar-refractivity contribution in [1.29, 1.82) is 0 Å². The lowest BCUT2D eigenvalue weighted by Crippen LogP contribution is -2.27. The fourth-order valence-electron chi connectivity index (χ4n) is 2.64. The van der Waals surface area contributed by atoms with Crippen LogP contribution >= 0.6 is 11.3 Å². The van der Waals surface area contributed by atoms with Crippen molar-refractivity contribution in [2.24, 2.45) is 5.92 Å². The van der Waals surface area contributed by atoms with Crippen molar-refractivity contribution in [3.8, 4) is 0 Å². The Balaban J connectivity index is 1.90. The Morgan fingerprint density at radius 1 is 0.720 bits per heavy atom. The van der Waals surface area contributed by atoms with Crippen molar-refractivity contribution in [3.63, 3.8) is 0 Å². The van der Waals surface area contributed by atoms with Crippen LogP contribution in [-0.4, -0.2) is 17.3 Å². The van der Waals surface area contributed by atoms with Crippen LogP contribution in [0.15, 0.2) is 77.5 Å². The summed E-state index contributed by atoms with van der Waals surface area (Å²) in [7, 11) is 0. The molecular formula is C21H16O3S. The van der Waals surface area contributed by atoms with Crippen LogP contribution in [0.1, 0.15) is 37.5 Å². The van der Waals surface area contributed by atoms with E-state index in [1.165, 1.54) is 11.3 Å². The highest BCUT2D eigenvalue weighted by Crippen LogP contribution is 2.22. The van der Waals surface area contributed by atoms with Crippen molar-refractivity contribution in [3.05, 3.63) is 94.2 Å². The van der Waals surface area contributed by atoms with Gasteiger partial charge in [0.2, 0.25) is 0 Å². The van der Waals surface area contributed by atoms with Gasteiger partial charge in [0.1, 0.15) is 0 Å². The van der Waals surface area contributed by atoms with E-state index in [4.69, 9.17) is 0 Å². The standard InChI is InChI=1S/C21H16O3S/c22-19(15-7-3-1-4-8-15)13-18(21(24)17-11-12-25-14-17)20(23)16-9-5-2-6-10-16/h1-12,14,18H,13H2. The van der Waals surface area contributed by atoms with Crippen LogP contribution in [0.4, 0.5) is 0 Å². The molecule has 0 aliphatic rings. The molecule has 3 rings (SSSR count). The fraction of sp³-hybridized carbons (Fsp3) is 0.0952. The highest BCUT2D eigenvalue weighted by molar-refractivity contribution is 7.08. The Hall–Kier alpha value is -2.85. The van der Waals surface area contributed by atoms with Crippen molar-refractivity contribution in [2.75, 3.05) is 0 Å². The molecule has 4 heteroatoms. The molecule has 0 aliphatic carbocycles. The Bertz CT molecular complexity index is 868. The first-order valence-corrected chi connectivity index (χ1v) is 8.85. The van der Waals surface area contributed by atoms with E-state index in [2.05, 4.69) is 0 Å². The summed E-state index contributed by atoms with van der Waals surface area (Å²) in [4.78, 5) is 38.3. The molecule has 0 amide bonds. The Morgan fingerprint density at radius 3 is 1.84 bits per heavy atom. The predicted octanol–water partition coefficient (Wildman–Crippen LogP) is 4.70. The zero-order valence-corrected chi connectivity index (χ0v) is 14.2. The topological polar surface area (TPSA) is 51.2 Å². The molecule has 0 bridgehead atoms. The summed E-state index contributed by atoms with van der Waals surface area (Å²) in [6, 6.07) is 19.1. The Kier molecular flexibility index (Phi) is 5.31. The van der Waals surface area contributed by atoms with Gasteiger partial charge in [0, 0.05) is 28.5 Å². The maximum Gasteiger partial charge on any atom is 0.174 e. The van der Waals surface area contributed by atoms with Gasteiger partial charge in [-0.1, -0.05) is 60.7 Å². The summed E-state index contributed by atoms with van der Waals surface area (Å²) in [6.45, 7) is 0. The van der Waals surface area contributed by atoms with Crippen LogP contribution in [0.5, 0.6) is 0 Å². The lowest BCUT2D eigenvalue weighted by atomic mass is 9.86. The maximum atomic E-state index is 12.9. The molecule has 0 N–H and O–H groups in total. The smallest absolute Gasteiger partial charge is 0.174 e. The van der Waals surface area contributed by atoms with Crippen LogP contribution in [0.3, 0.4) is 0 Å². The number of Topliss-reactive ketones (excluding diaryl/α,β-unsaturated/α-hetero) is 3. The fourth-order valence-corrected chi connectivity index (χ4v) is 3.29. The predicted molar refractivity (Wildman–Crippen MR) is 98.3 cm³/mol. The molecule has 3 aromatic rings. The molecule has 124 valence electrons. The number of hydrogen-bond donors (Lipinski definition) is 0. The molecule has 0 spiro atoms. The first-order chi connectivity index (χ1) is 12.2. The lowest BCUT2D eigenvalue weighted by Gasteiger charge is -2.14. The first-order valence-electron chi connectivity index (χ1n) is 7.90. The third-order valence-corrected chi connectivity index (χ3v) is 4.67. The van der Waals surface area contributed by atoms with Crippen LogP contribution in [-0.2, 0) is 0 Å². The summed E-state index contributed by atoms with van der Waals surface area (Å²) < 4.78 is 0. The normalized spacial score (nSPS) is 11.7. The summed E-state index contributed by atoms with van der Waals surface area (Å²) in [5.74, 6) is -1.84. The van der Waals surface area contributed by atoms with E-state index in [9.17, 15) is 14.4 Å². The monoisotopic (exact) mass is 348 g/mol. The van der Waals surface area contributed by atoms with E-state index in [1.54, 1.807) is 65.4 Å². The van der Waals surface area contributed by atoms with E-state index >= 15 is 0 Å². The summed E-state index contributed by atoms with van der Waals surface area (Å²) >= 11 is 1.39. The third kappa shape index (κ3) is 3.98. The van der Waals surface area contributed by atoms with Crippen LogP contribution in [0, 0.1) is 5.92 Å². The van der Waals surface area contributed by atoms with Crippen molar-refractivity contribution in [2.45, 2.75) is 6.42 Å². The van der Waals surface area contributed by atoms with Gasteiger partial charge < -0.3 is 0 Å². The zero-order valence-electron chi connectivity index (χ0n) is 13.4. The highest BCUT2D eigenvalue weighted by Gasteiger charge is 2.31. The largest absolute Gasteiger partial charge is 0.294 e. The average Bonchev–Trinajstić information content (AvgIpc) is 3.21. The maximum absolute atomic E-state index is 12.9. The number of hydrogen-bond acceptors (Lipinski definition) is 4. The molecule has 1 unspecified atom stereocenters. The van der Waals surface area contributed by atoms with Gasteiger partial charge >= 0.3 is 0 Å². The minimum absolute atomic E-state index is 0.133. The molecule has 0 saturated heterocycles. The molecular weight excluding hydrogens is 332 g/mol. The number of rotatable bonds is 7. The van der Waals surface area contributed by atoms with Gasteiger partial charge in [-0.05, 0) is 11.4 Å². The van der Waals surface area contributed by atoms with Crippen molar-refractivity contribution in [1.82, 2.24) is 0 Å². The molecule has 0 radical (unpaired) electrons. The minimum atomic E-state index is -1.01. The minimum Gasteiger partial charge on any atom is -0.294 e. The first kappa shape index (κ1) is 17.0. The summed E-state index contributed by atoms with van der Waals surface area (Å²) in [5, 5.41) is 3.50. The second-order valence-electron chi connectivity index (χ2n) is 5.65. The molecule has 3 nitrogen and oxygen atoms in total. The van der Waals surface area contributed by atoms with Crippen LogP contribution < -0.4 is 0 Å². The molecule has 2 aromatic carbocycles. The SMILES string of the molecule is O=C(CC(C(=O)c1ccccc1)C(=O)c1ccsc1)c1ccccc1. The number of ketones is 3. The van der Waals surface area contributed by atoms with Gasteiger partial charge in [0.15, 0.2) is 17.3 Å². The van der Waals surface area contributed by atoms with Gasteiger partial charge in [0.05, 0.1) is 5.92 Å². The second-order valence-corrected chi connectivity index (χ2v) is 6.43. The Labute approximate surface area is 149 Å². The Morgan fingerprint density at radius 2 is 1.28 bits per heavy atom. The van der Waals surface area contributed by atoms with Crippen molar-refractivity contribution < 1.29 is 14.4 Å². The highest BCUT2D eigenvalue weighted by atomic mass is 32.1. The molecule has 25 heavy (non-hydrogen) atoms. The van der Waals surface area contributed by atoms with Gasteiger partial charge in [-0.25, -0.2) is 0 Å². The molecule has 1 aromatic heterocycles. The molecule has 0 saturated carbocycles. The number of thiophene rings is 1. The van der Waals surface area contributed by atoms with E-state index in [0.717, 1.165) is 0 Å². The van der Waals surface area contributed by atoms with Crippen molar-refractivity contribution >= 4 is 28.7 Å². The van der Waals surface area contributed by atoms with Gasteiger partial charge in [-0.2, -0.15) is 11.3 Å². The summed E-state index contributed by atoms with van der Waals surface area (Å²) in [6.07, 6.45) is -0.133. The summed E-state index contributed by atoms with van der Waals surface area (Å²) in [5.41, 5.74) is 1.42. The molecule has 0 fully saturated rings. The van der Waals surface area contributed by atoms with Gasteiger partial charge in [0.25, 0.3) is 0 Å². The molecule has 0 aliphatic heterocycles. The lowest BCUT2D eigenvalue weighted by molar-refractivity contribution is 0.0760. The number of carbonyl (C=O) groups is 3. The number of carbonyl (C=O) groups excluding carboxylic acids is 3. The van der Waals surface area contributed by atoms with Gasteiger partial charge in [-0.3, -0.25) is 14.4 Å². The van der Waals surface area contributed by atoms with Crippen LogP contribution in [0.2, 0.25) is 0 Å². The molecule has 1 heterocycles. The van der Waals surface area contributed by atoms with Crippen LogP contribution in [0.25, 0.3) is 0 Å². The molecule has 1 atom stereocenters. The van der Waals surface area contributed by atoms with E-state index in [1.807, 2.05) is 12.1 Å². The zero-order chi connectivity index (χ0) is 17.6. The van der Waals surface area contributed by atoms with E-state index < -0.39 is 5.92 Å². The van der Waals surface area contributed by atoms with E-state index in [0.29, 0.717) is 16.7 Å². The number of benzene rings is 2.